The van der Waals surface area contributed by atoms with E-state index in [2.05, 4.69) is 0 Å². The molecule has 0 aromatic heterocycles. The van der Waals surface area contributed by atoms with Crippen molar-refractivity contribution in [1.82, 2.24) is 0 Å². The minimum atomic E-state index is -1.35. The minimum absolute atomic E-state index is 0.146. The maximum Gasteiger partial charge on any atom is 0.325 e. The Hall–Kier alpha value is -1.46. The number of hydrogen-bond donors (Lipinski definition) is 0. The van der Waals surface area contributed by atoms with Crippen LogP contribution in [-0.4, -0.2) is 30.3 Å². The first-order valence-electron chi connectivity index (χ1n) is 7.74. The van der Waals surface area contributed by atoms with Gasteiger partial charge in [0.2, 0.25) is 0 Å². The second kappa shape index (κ2) is 7.83. The summed E-state index contributed by atoms with van der Waals surface area (Å²) >= 11 is 12.3. The average molecular weight is 391 g/mol. The molecule has 0 atom stereocenters. The van der Waals surface area contributed by atoms with Gasteiger partial charge in [0.25, 0.3) is 0 Å². The zero-order chi connectivity index (χ0) is 19.6. The molecule has 0 aliphatic rings. The van der Waals surface area contributed by atoms with E-state index in [1.165, 1.54) is 19.2 Å². The Labute approximate surface area is 158 Å². The van der Waals surface area contributed by atoms with Gasteiger partial charge in [-0.2, -0.15) is 0 Å². The summed E-state index contributed by atoms with van der Waals surface area (Å²) in [7, 11) is 1.43. The predicted octanol–water partition coefficient (Wildman–Crippen LogP) is 4.77. The first-order chi connectivity index (χ1) is 11.2. The highest BCUT2D eigenvalue weighted by molar-refractivity contribution is 6.36. The molecule has 0 bridgehead atoms. The fourth-order valence-corrected chi connectivity index (χ4v) is 2.56. The van der Waals surface area contributed by atoms with Crippen molar-refractivity contribution in [2.45, 2.75) is 58.7 Å². The maximum atomic E-state index is 12.7. The summed E-state index contributed by atoms with van der Waals surface area (Å²) in [5.74, 6) is -2.57. The fourth-order valence-electron chi connectivity index (χ4n) is 1.99. The van der Waals surface area contributed by atoms with Gasteiger partial charge < -0.3 is 14.2 Å². The Morgan fingerprint density at radius 3 is 1.68 bits per heavy atom. The van der Waals surface area contributed by atoms with E-state index in [4.69, 9.17) is 37.4 Å². The Bertz CT molecular complexity index is 629. The van der Waals surface area contributed by atoms with Gasteiger partial charge in [-0.1, -0.05) is 23.2 Å². The summed E-state index contributed by atoms with van der Waals surface area (Å²) in [4.78, 5) is 25.3. The molecule has 0 spiro atoms. The third-order valence-electron chi connectivity index (χ3n) is 2.87. The van der Waals surface area contributed by atoms with Crippen LogP contribution in [0.4, 0.5) is 0 Å². The van der Waals surface area contributed by atoms with Crippen molar-refractivity contribution in [1.29, 1.82) is 0 Å². The second-order valence-electron chi connectivity index (χ2n) is 7.51. The van der Waals surface area contributed by atoms with Crippen LogP contribution < -0.4 is 4.74 Å². The fraction of sp³-hybridized carbons (Fsp3) is 0.556. The molecule has 0 radical (unpaired) electrons. The molecule has 1 aromatic rings. The van der Waals surface area contributed by atoms with Crippen LogP contribution in [0.5, 0.6) is 5.75 Å². The van der Waals surface area contributed by atoms with Gasteiger partial charge in [-0.05, 0) is 59.2 Å². The average Bonchev–Trinajstić information content (AvgIpc) is 2.37. The maximum absolute atomic E-state index is 12.7. The zero-order valence-corrected chi connectivity index (χ0v) is 17.0. The summed E-state index contributed by atoms with van der Waals surface area (Å²) < 4.78 is 15.9. The number of methoxy groups -OCH3 is 1. The molecule has 0 fully saturated rings. The van der Waals surface area contributed by atoms with Crippen molar-refractivity contribution in [3.8, 4) is 5.75 Å². The lowest BCUT2D eigenvalue weighted by Gasteiger charge is -2.27. The van der Waals surface area contributed by atoms with Gasteiger partial charge in [0.05, 0.1) is 12.1 Å². The second-order valence-corrected chi connectivity index (χ2v) is 8.32. The molecule has 0 saturated carbocycles. The van der Waals surface area contributed by atoms with Crippen LogP contribution in [0.25, 0.3) is 0 Å². The van der Waals surface area contributed by atoms with Gasteiger partial charge in [0.1, 0.15) is 17.0 Å². The van der Waals surface area contributed by atoms with Crippen molar-refractivity contribution in [2.75, 3.05) is 7.11 Å². The topological polar surface area (TPSA) is 61.8 Å². The van der Waals surface area contributed by atoms with E-state index in [1.54, 1.807) is 41.5 Å². The molecule has 25 heavy (non-hydrogen) atoms. The van der Waals surface area contributed by atoms with E-state index in [0.717, 1.165) is 0 Å². The van der Waals surface area contributed by atoms with Crippen LogP contribution in [0.3, 0.4) is 0 Å². The van der Waals surface area contributed by atoms with Crippen molar-refractivity contribution in [3.05, 3.63) is 27.7 Å². The SMILES string of the molecule is COc1cc(C(C(=O)OC(C)(C)C)C(=O)OC(C)(C)C)c(Cl)cc1Cl. The predicted molar refractivity (Wildman–Crippen MR) is 97.4 cm³/mol. The van der Waals surface area contributed by atoms with E-state index in [1.807, 2.05) is 0 Å². The molecule has 1 aromatic carbocycles. The number of rotatable bonds is 4. The van der Waals surface area contributed by atoms with Gasteiger partial charge in [-0.15, -0.1) is 0 Å². The van der Waals surface area contributed by atoms with Gasteiger partial charge in [-0.3, -0.25) is 9.59 Å². The van der Waals surface area contributed by atoms with Gasteiger partial charge in [0, 0.05) is 5.02 Å². The van der Waals surface area contributed by atoms with Crippen LogP contribution >= 0.6 is 23.2 Å². The Morgan fingerprint density at radius 1 is 0.880 bits per heavy atom. The first-order valence-corrected chi connectivity index (χ1v) is 8.49. The summed E-state index contributed by atoms with van der Waals surface area (Å²) in [5, 5.41) is 0.413. The standard InChI is InChI=1S/C18H24Cl2O5/c1-17(2,3)24-15(21)14(16(22)25-18(4,5)6)10-8-13(23-7)12(20)9-11(10)19/h8-9,14H,1-7H3. The van der Waals surface area contributed by atoms with Crippen molar-refractivity contribution < 1.29 is 23.8 Å². The molecule has 0 unspecified atom stereocenters. The third kappa shape index (κ3) is 6.40. The van der Waals surface area contributed by atoms with Crippen molar-refractivity contribution in [2.24, 2.45) is 0 Å². The van der Waals surface area contributed by atoms with Gasteiger partial charge >= 0.3 is 11.9 Å². The molecule has 1 rings (SSSR count). The van der Waals surface area contributed by atoms with Gasteiger partial charge in [0.15, 0.2) is 5.92 Å². The molecule has 0 heterocycles. The molecule has 0 amide bonds. The van der Waals surface area contributed by atoms with Gasteiger partial charge in [-0.25, -0.2) is 0 Å². The smallest absolute Gasteiger partial charge is 0.325 e. The molecular weight excluding hydrogens is 367 g/mol. The number of benzene rings is 1. The van der Waals surface area contributed by atoms with Crippen LogP contribution in [-0.2, 0) is 19.1 Å². The Kier molecular flexibility index (Phi) is 6.76. The lowest BCUT2D eigenvalue weighted by atomic mass is 9.98. The Balaban J connectivity index is 3.41. The molecule has 140 valence electrons. The summed E-state index contributed by atoms with van der Waals surface area (Å²) in [6.45, 7) is 10.3. The molecule has 0 aliphatic carbocycles. The number of carbonyl (C=O) groups is 2. The summed E-state index contributed by atoms with van der Waals surface area (Å²) in [5.41, 5.74) is -1.34. The lowest BCUT2D eigenvalue weighted by Crippen LogP contribution is -2.35. The van der Waals surface area contributed by atoms with Crippen molar-refractivity contribution >= 4 is 35.1 Å². The molecule has 0 aliphatic heterocycles. The number of carbonyl (C=O) groups excluding carboxylic acids is 2. The number of esters is 2. The largest absolute Gasteiger partial charge is 0.495 e. The van der Waals surface area contributed by atoms with E-state index in [-0.39, 0.29) is 21.4 Å². The highest BCUT2D eigenvalue weighted by Gasteiger charge is 2.38. The Morgan fingerprint density at radius 2 is 1.32 bits per heavy atom. The highest BCUT2D eigenvalue weighted by Crippen LogP contribution is 2.36. The summed E-state index contributed by atoms with van der Waals surface area (Å²) in [6, 6.07) is 2.86. The number of hydrogen-bond acceptors (Lipinski definition) is 5. The number of halogens is 2. The van der Waals surface area contributed by atoms with Crippen LogP contribution in [0.1, 0.15) is 53.0 Å². The lowest BCUT2D eigenvalue weighted by molar-refractivity contribution is -0.169. The van der Waals surface area contributed by atoms with Crippen LogP contribution in [0, 0.1) is 0 Å². The molecule has 0 saturated heterocycles. The van der Waals surface area contributed by atoms with Crippen LogP contribution in [0.15, 0.2) is 12.1 Å². The monoisotopic (exact) mass is 390 g/mol. The molecular formula is C18H24Cl2O5. The normalized spacial score (nSPS) is 12.1. The molecule has 0 N–H and O–H groups in total. The number of ether oxygens (including phenoxy) is 3. The highest BCUT2D eigenvalue weighted by atomic mass is 35.5. The molecule has 7 heteroatoms. The zero-order valence-electron chi connectivity index (χ0n) is 15.5. The van der Waals surface area contributed by atoms with E-state index in [9.17, 15) is 9.59 Å². The third-order valence-corrected chi connectivity index (χ3v) is 3.49. The summed E-state index contributed by atoms with van der Waals surface area (Å²) in [6.07, 6.45) is 0. The first kappa shape index (κ1) is 21.6. The quantitative estimate of drug-likeness (QED) is 0.547. The minimum Gasteiger partial charge on any atom is -0.495 e. The molecule has 5 nitrogen and oxygen atoms in total. The van der Waals surface area contributed by atoms with Crippen LogP contribution in [0.2, 0.25) is 10.0 Å². The van der Waals surface area contributed by atoms with Crippen molar-refractivity contribution in [3.63, 3.8) is 0 Å². The van der Waals surface area contributed by atoms with E-state index >= 15 is 0 Å². The van der Waals surface area contributed by atoms with E-state index in [0.29, 0.717) is 0 Å². The van der Waals surface area contributed by atoms with E-state index < -0.39 is 29.1 Å².